The zero-order chi connectivity index (χ0) is 15.1. The van der Waals surface area contributed by atoms with E-state index in [1.165, 1.54) is 0 Å². The molecule has 4 nitrogen and oxygen atoms in total. The van der Waals surface area contributed by atoms with Crippen molar-refractivity contribution in [3.05, 3.63) is 54.1 Å². The van der Waals surface area contributed by atoms with Gasteiger partial charge in [-0.3, -0.25) is 0 Å². The Hall–Kier alpha value is -2.49. The highest BCUT2D eigenvalue weighted by Gasteiger charge is 2.08. The van der Waals surface area contributed by atoms with Crippen LogP contribution >= 0.6 is 0 Å². The second kappa shape index (κ2) is 7.33. The van der Waals surface area contributed by atoms with Crippen LogP contribution in [-0.2, 0) is 0 Å². The van der Waals surface area contributed by atoms with Crippen molar-refractivity contribution in [1.82, 2.24) is 0 Å². The summed E-state index contributed by atoms with van der Waals surface area (Å²) < 4.78 is 10.8. The molecule has 0 aliphatic heterocycles. The Balaban J connectivity index is 1.93. The number of benzene rings is 2. The largest absolute Gasteiger partial charge is 0.494 e. The molecule has 0 heterocycles. The van der Waals surface area contributed by atoms with Crippen molar-refractivity contribution < 1.29 is 14.3 Å². The fourth-order valence-electron chi connectivity index (χ4n) is 1.72. The molecule has 0 bridgehead atoms. The summed E-state index contributed by atoms with van der Waals surface area (Å²) in [6, 6.07) is 13.6. The first-order valence-corrected chi connectivity index (χ1v) is 6.99. The van der Waals surface area contributed by atoms with Crippen molar-refractivity contribution in [2.45, 2.75) is 19.8 Å². The molecule has 2 aromatic rings. The van der Waals surface area contributed by atoms with Gasteiger partial charge in [0.2, 0.25) is 0 Å². The molecule has 0 radical (unpaired) electrons. The molecule has 0 saturated heterocycles. The third-order valence-corrected chi connectivity index (χ3v) is 2.95. The Bertz CT molecular complexity index is 576. The molecule has 0 aromatic heterocycles. The van der Waals surface area contributed by atoms with Crippen molar-refractivity contribution in [1.29, 1.82) is 0 Å². The first-order chi connectivity index (χ1) is 10.2. The van der Waals surface area contributed by atoms with Crippen LogP contribution in [0.25, 0.3) is 0 Å². The number of esters is 1. The molecule has 21 heavy (non-hydrogen) atoms. The fraction of sp³-hybridized carbons (Fsp3) is 0.235. The predicted octanol–water partition coefficient (Wildman–Crippen LogP) is 3.67. The van der Waals surface area contributed by atoms with Crippen molar-refractivity contribution in [3.8, 4) is 11.5 Å². The minimum absolute atomic E-state index is 0.408. The molecular formula is C17H19NO3. The molecule has 0 amide bonds. The lowest BCUT2D eigenvalue weighted by molar-refractivity contribution is 0.0734. The van der Waals surface area contributed by atoms with Crippen LogP contribution in [0.4, 0.5) is 5.69 Å². The number of anilines is 1. The number of hydrogen-bond acceptors (Lipinski definition) is 4. The maximum atomic E-state index is 11.9. The molecule has 0 saturated carbocycles. The van der Waals surface area contributed by atoms with Crippen molar-refractivity contribution >= 4 is 11.7 Å². The van der Waals surface area contributed by atoms with E-state index >= 15 is 0 Å². The third kappa shape index (κ3) is 4.53. The van der Waals surface area contributed by atoms with Crippen LogP contribution in [0, 0.1) is 0 Å². The zero-order valence-corrected chi connectivity index (χ0v) is 12.0. The van der Waals surface area contributed by atoms with Crippen LogP contribution in [0.1, 0.15) is 30.1 Å². The Labute approximate surface area is 124 Å². The van der Waals surface area contributed by atoms with Crippen LogP contribution in [0.3, 0.4) is 0 Å². The third-order valence-electron chi connectivity index (χ3n) is 2.95. The number of nitrogen functional groups attached to an aromatic ring is 1. The molecule has 110 valence electrons. The van der Waals surface area contributed by atoms with E-state index in [0.717, 1.165) is 18.6 Å². The highest BCUT2D eigenvalue weighted by atomic mass is 16.5. The molecule has 0 aliphatic carbocycles. The van der Waals surface area contributed by atoms with E-state index in [9.17, 15) is 4.79 Å². The second-order valence-corrected chi connectivity index (χ2v) is 4.68. The summed E-state index contributed by atoms with van der Waals surface area (Å²) in [6.07, 6.45) is 2.12. The number of unbranched alkanes of at least 4 members (excludes halogenated alkanes) is 1. The van der Waals surface area contributed by atoms with E-state index < -0.39 is 5.97 Å². The van der Waals surface area contributed by atoms with Gasteiger partial charge in [-0.2, -0.15) is 0 Å². The zero-order valence-electron chi connectivity index (χ0n) is 12.0. The summed E-state index contributed by atoms with van der Waals surface area (Å²) in [5.74, 6) is 0.852. The second-order valence-electron chi connectivity index (χ2n) is 4.68. The van der Waals surface area contributed by atoms with Crippen LogP contribution in [0.15, 0.2) is 48.5 Å². The highest BCUT2D eigenvalue weighted by Crippen LogP contribution is 2.19. The SMILES string of the molecule is CCCCOc1ccc(OC(=O)c2ccc(N)cc2)cc1. The molecule has 0 aliphatic rings. The standard InChI is InChI=1S/C17H19NO3/c1-2-3-12-20-15-8-10-16(11-9-15)21-17(19)13-4-6-14(18)7-5-13/h4-11H,2-3,12,18H2,1H3. The molecule has 0 fully saturated rings. The van der Waals surface area contributed by atoms with E-state index in [2.05, 4.69) is 6.92 Å². The summed E-state index contributed by atoms with van der Waals surface area (Å²) in [4.78, 5) is 11.9. The Morgan fingerprint density at radius 2 is 1.62 bits per heavy atom. The van der Waals surface area contributed by atoms with E-state index in [1.807, 2.05) is 0 Å². The van der Waals surface area contributed by atoms with Crippen molar-refractivity contribution in [2.24, 2.45) is 0 Å². The van der Waals surface area contributed by atoms with Gasteiger partial charge in [-0.05, 0) is 55.0 Å². The fourth-order valence-corrected chi connectivity index (χ4v) is 1.72. The predicted molar refractivity (Wildman–Crippen MR) is 82.7 cm³/mol. The van der Waals surface area contributed by atoms with Crippen LogP contribution in [0.2, 0.25) is 0 Å². The highest BCUT2D eigenvalue weighted by molar-refractivity contribution is 5.91. The summed E-state index contributed by atoms with van der Waals surface area (Å²) in [7, 11) is 0. The Kier molecular flexibility index (Phi) is 5.21. The summed E-state index contributed by atoms with van der Waals surface area (Å²) in [5, 5.41) is 0. The molecule has 4 heteroatoms. The van der Waals surface area contributed by atoms with Gasteiger partial charge in [0.1, 0.15) is 11.5 Å². The maximum Gasteiger partial charge on any atom is 0.343 e. The van der Waals surface area contributed by atoms with Gasteiger partial charge in [-0.25, -0.2) is 4.79 Å². The van der Waals surface area contributed by atoms with Gasteiger partial charge in [-0.15, -0.1) is 0 Å². The Morgan fingerprint density at radius 3 is 2.24 bits per heavy atom. The van der Waals surface area contributed by atoms with Gasteiger partial charge < -0.3 is 15.2 Å². The quantitative estimate of drug-likeness (QED) is 0.381. The molecule has 0 unspecified atom stereocenters. The first-order valence-electron chi connectivity index (χ1n) is 6.99. The number of carbonyl (C=O) groups is 1. The summed E-state index contributed by atoms with van der Waals surface area (Å²) >= 11 is 0. The van der Waals surface area contributed by atoms with Crippen LogP contribution in [-0.4, -0.2) is 12.6 Å². The molecule has 2 aromatic carbocycles. The van der Waals surface area contributed by atoms with Gasteiger partial charge in [-0.1, -0.05) is 13.3 Å². The van der Waals surface area contributed by atoms with Crippen molar-refractivity contribution in [3.63, 3.8) is 0 Å². The van der Waals surface area contributed by atoms with Gasteiger partial charge in [0.15, 0.2) is 0 Å². The Morgan fingerprint density at radius 1 is 1.00 bits per heavy atom. The minimum Gasteiger partial charge on any atom is -0.494 e. The van der Waals surface area contributed by atoms with Gasteiger partial charge in [0, 0.05) is 5.69 Å². The normalized spacial score (nSPS) is 10.1. The summed E-state index contributed by atoms with van der Waals surface area (Å²) in [5.41, 5.74) is 6.66. The molecule has 2 rings (SSSR count). The smallest absolute Gasteiger partial charge is 0.343 e. The average Bonchev–Trinajstić information content (AvgIpc) is 2.50. The lowest BCUT2D eigenvalue weighted by Crippen LogP contribution is -2.08. The van der Waals surface area contributed by atoms with E-state index in [0.29, 0.717) is 23.6 Å². The lowest BCUT2D eigenvalue weighted by Gasteiger charge is -2.07. The van der Waals surface area contributed by atoms with Gasteiger partial charge >= 0.3 is 5.97 Å². The molecule has 2 N–H and O–H groups in total. The monoisotopic (exact) mass is 285 g/mol. The van der Waals surface area contributed by atoms with Gasteiger partial charge in [0.05, 0.1) is 12.2 Å². The van der Waals surface area contributed by atoms with E-state index in [-0.39, 0.29) is 0 Å². The number of carbonyl (C=O) groups excluding carboxylic acids is 1. The number of rotatable bonds is 6. The van der Waals surface area contributed by atoms with E-state index in [4.69, 9.17) is 15.2 Å². The number of hydrogen-bond donors (Lipinski definition) is 1. The van der Waals surface area contributed by atoms with Crippen molar-refractivity contribution in [2.75, 3.05) is 12.3 Å². The lowest BCUT2D eigenvalue weighted by atomic mass is 10.2. The first kappa shape index (κ1) is 14.9. The number of ether oxygens (including phenoxy) is 2. The minimum atomic E-state index is -0.408. The maximum absolute atomic E-state index is 11.9. The van der Waals surface area contributed by atoms with Crippen LogP contribution < -0.4 is 15.2 Å². The number of nitrogens with two attached hydrogens (primary N) is 1. The van der Waals surface area contributed by atoms with Crippen LogP contribution in [0.5, 0.6) is 11.5 Å². The average molecular weight is 285 g/mol. The topological polar surface area (TPSA) is 61.5 Å². The van der Waals surface area contributed by atoms with Gasteiger partial charge in [0.25, 0.3) is 0 Å². The molecule has 0 atom stereocenters. The molecular weight excluding hydrogens is 266 g/mol. The van der Waals surface area contributed by atoms with E-state index in [1.54, 1.807) is 48.5 Å². The molecule has 0 spiro atoms. The summed E-state index contributed by atoms with van der Waals surface area (Å²) in [6.45, 7) is 2.81.